The van der Waals surface area contributed by atoms with Crippen molar-refractivity contribution in [3.63, 3.8) is 0 Å². The molecule has 1 aromatic carbocycles. The third-order valence-corrected chi connectivity index (χ3v) is 2.76. The summed E-state index contributed by atoms with van der Waals surface area (Å²) in [5, 5.41) is 0. The molecule has 1 unspecified atom stereocenters. The molecule has 1 saturated heterocycles. The third kappa shape index (κ3) is 3.55. The first-order valence-electron chi connectivity index (χ1n) is 6.02. The third-order valence-electron chi connectivity index (χ3n) is 2.76. The molecule has 110 valence electrons. The minimum Gasteiger partial charge on any atom is -0.348 e. The van der Waals surface area contributed by atoms with Gasteiger partial charge in [0, 0.05) is 5.56 Å². The van der Waals surface area contributed by atoms with Crippen LogP contribution in [0.1, 0.15) is 12.5 Å². The van der Waals surface area contributed by atoms with Crippen LogP contribution in [-0.2, 0) is 9.47 Å². The van der Waals surface area contributed by atoms with Crippen molar-refractivity contribution in [2.45, 2.75) is 25.4 Å². The zero-order valence-electron chi connectivity index (χ0n) is 10.7. The van der Waals surface area contributed by atoms with Gasteiger partial charge in [-0.25, -0.2) is 4.39 Å². The van der Waals surface area contributed by atoms with Crippen LogP contribution < -0.4 is 0 Å². The number of benzene rings is 1. The Morgan fingerprint density at radius 3 is 2.25 bits per heavy atom. The molecule has 1 aliphatic heterocycles. The van der Waals surface area contributed by atoms with E-state index in [-0.39, 0.29) is 5.56 Å². The summed E-state index contributed by atoms with van der Waals surface area (Å²) >= 11 is 0. The number of nitrogens with zero attached hydrogens (tertiary/aromatic N) is 1. The lowest BCUT2D eigenvalue weighted by Crippen LogP contribution is -2.30. The van der Waals surface area contributed by atoms with Crippen molar-refractivity contribution in [3.8, 4) is 0 Å². The maximum Gasteiger partial charge on any atom is 0.433 e. The fourth-order valence-electron chi connectivity index (χ4n) is 1.84. The summed E-state index contributed by atoms with van der Waals surface area (Å²) in [6, 6.07) is 3.21. The number of hydrogen-bond donors (Lipinski definition) is 0. The Kier molecular flexibility index (Phi) is 4.39. The largest absolute Gasteiger partial charge is 0.433 e. The first-order valence-corrected chi connectivity index (χ1v) is 6.02. The van der Waals surface area contributed by atoms with Gasteiger partial charge in [0.15, 0.2) is 6.29 Å². The summed E-state index contributed by atoms with van der Waals surface area (Å²) < 4.78 is 62.2. The van der Waals surface area contributed by atoms with Crippen LogP contribution in [0.2, 0.25) is 0 Å². The highest BCUT2D eigenvalue weighted by atomic mass is 19.4. The van der Waals surface area contributed by atoms with E-state index >= 15 is 0 Å². The topological polar surface area (TPSA) is 30.8 Å². The van der Waals surface area contributed by atoms with Gasteiger partial charge in [0.25, 0.3) is 0 Å². The fourth-order valence-corrected chi connectivity index (χ4v) is 1.84. The van der Waals surface area contributed by atoms with Gasteiger partial charge >= 0.3 is 6.18 Å². The van der Waals surface area contributed by atoms with Crippen LogP contribution in [0.3, 0.4) is 0 Å². The highest BCUT2D eigenvalue weighted by molar-refractivity contribution is 6.04. The van der Waals surface area contributed by atoms with E-state index in [1.165, 1.54) is 6.92 Å². The van der Waals surface area contributed by atoms with E-state index in [0.717, 1.165) is 24.3 Å². The molecule has 0 saturated carbocycles. The van der Waals surface area contributed by atoms with Crippen molar-refractivity contribution in [3.05, 3.63) is 35.6 Å². The van der Waals surface area contributed by atoms with E-state index in [1.54, 1.807) is 0 Å². The predicted octanol–water partition coefficient (Wildman–Crippen LogP) is 2.94. The Hall–Kier alpha value is -1.47. The van der Waals surface area contributed by atoms with Crippen LogP contribution in [-0.4, -0.2) is 37.4 Å². The highest BCUT2D eigenvalue weighted by Gasteiger charge is 2.38. The zero-order chi connectivity index (χ0) is 14.8. The summed E-state index contributed by atoms with van der Waals surface area (Å²) in [5.41, 5.74) is -1.26. The van der Waals surface area contributed by atoms with Gasteiger partial charge in [-0.1, -0.05) is 0 Å². The van der Waals surface area contributed by atoms with Crippen LogP contribution in [0, 0.1) is 5.82 Å². The smallest absolute Gasteiger partial charge is 0.348 e. The minimum absolute atomic E-state index is 0.191. The van der Waals surface area contributed by atoms with E-state index in [2.05, 4.69) is 4.99 Å². The Morgan fingerprint density at radius 1 is 1.20 bits per heavy atom. The summed E-state index contributed by atoms with van der Waals surface area (Å²) in [5.74, 6) is -0.606. The van der Waals surface area contributed by atoms with Crippen LogP contribution in [0.5, 0.6) is 0 Å². The van der Waals surface area contributed by atoms with Gasteiger partial charge in [-0.05, 0) is 31.2 Å². The second-order valence-electron chi connectivity index (χ2n) is 4.33. The first-order chi connectivity index (χ1) is 9.38. The maximum absolute atomic E-state index is 13.0. The van der Waals surface area contributed by atoms with Crippen LogP contribution in [0.25, 0.3) is 0 Å². The van der Waals surface area contributed by atoms with Gasteiger partial charge in [-0.2, -0.15) is 13.2 Å². The Morgan fingerprint density at radius 2 is 1.75 bits per heavy atom. The molecule has 0 spiro atoms. The van der Waals surface area contributed by atoms with E-state index in [4.69, 9.17) is 9.47 Å². The summed E-state index contributed by atoms with van der Waals surface area (Å²) in [6.45, 7) is 2.15. The number of alkyl halides is 3. The second kappa shape index (κ2) is 5.88. The molecule has 1 atom stereocenters. The van der Waals surface area contributed by atoms with Crippen molar-refractivity contribution in [1.29, 1.82) is 0 Å². The van der Waals surface area contributed by atoms with Crippen molar-refractivity contribution >= 4 is 5.71 Å². The normalized spacial score (nSPS) is 19.4. The lowest BCUT2D eigenvalue weighted by molar-refractivity contribution is -0.0646. The molecule has 0 amide bonds. The second-order valence-corrected chi connectivity index (χ2v) is 4.33. The first kappa shape index (κ1) is 14.9. The number of halogens is 4. The molecule has 1 aliphatic rings. The Labute approximate surface area is 113 Å². The van der Waals surface area contributed by atoms with Gasteiger partial charge in [-0.3, -0.25) is 4.99 Å². The summed E-state index contributed by atoms with van der Waals surface area (Å²) in [4.78, 5) is 3.65. The highest BCUT2D eigenvalue weighted by Crippen LogP contribution is 2.25. The molecule has 2 rings (SSSR count). The lowest BCUT2D eigenvalue weighted by Gasteiger charge is -2.17. The van der Waals surface area contributed by atoms with Crippen LogP contribution in [0.15, 0.2) is 29.3 Å². The zero-order valence-corrected chi connectivity index (χ0v) is 10.7. The molecular weight excluding hydrogens is 278 g/mol. The summed E-state index contributed by atoms with van der Waals surface area (Å²) in [6.07, 6.45) is -5.42. The molecule has 1 heterocycles. The molecule has 0 aromatic heterocycles. The van der Waals surface area contributed by atoms with Crippen molar-refractivity contribution in [2.24, 2.45) is 4.99 Å². The van der Waals surface area contributed by atoms with E-state index in [9.17, 15) is 17.6 Å². The predicted molar refractivity (Wildman–Crippen MR) is 64.1 cm³/mol. The SMILES string of the molecule is CC(/N=C(/c1ccc(F)cc1)C(F)(F)F)C1OCCO1. The molecule has 1 fully saturated rings. The lowest BCUT2D eigenvalue weighted by atomic mass is 10.1. The average molecular weight is 291 g/mol. The number of aliphatic imine (C=N–C) groups is 1. The number of rotatable bonds is 3. The van der Waals surface area contributed by atoms with E-state index < -0.39 is 30.0 Å². The van der Waals surface area contributed by atoms with Crippen LogP contribution in [0.4, 0.5) is 17.6 Å². The molecule has 0 aliphatic carbocycles. The van der Waals surface area contributed by atoms with Gasteiger partial charge in [0.1, 0.15) is 11.5 Å². The molecular formula is C13H13F4NO2. The van der Waals surface area contributed by atoms with Crippen molar-refractivity contribution in [1.82, 2.24) is 0 Å². The van der Waals surface area contributed by atoms with Gasteiger partial charge in [0.05, 0.1) is 19.3 Å². The molecule has 3 nitrogen and oxygen atoms in total. The number of hydrogen-bond acceptors (Lipinski definition) is 3. The van der Waals surface area contributed by atoms with Crippen molar-refractivity contribution < 1.29 is 27.0 Å². The molecule has 7 heteroatoms. The molecule has 0 radical (unpaired) electrons. The van der Waals surface area contributed by atoms with Crippen LogP contribution >= 0.6 is 0 Å². The average Bonchev–Trinajstić information content (AvgIpc) is 2.89. The standard InChI is InChI=1S/C13H13F4NO2/c1-8(12-19-6-7-20-12)18-11(13(15,16)17)9-2-4-10(14)5-3-9/h2-5,8,12H,6-7H2,1H3/b18-11-. The molecule has 1 aromatic rings. The molecule has 0 N–H and O–H groups in total. The fraction of sp³-hybridized carbons (Fsp3) is 0.462. The monoisotopic (exact) mass is 291 g/mol. The number of ether oxygens (including phenoxy) is 2. The Bertz CT molecular complexity index is 478. The van der Waals surface area contributed by atoms with Gasteiger partial charge in [0.2, 0.25) is 0 Å². The van der Waals surface area contributed by atoms with Gasteiger partial charge in [-0.15, -0.1) is 0 Å². The molecule has 0 bridgehead atoms. The Balaban J connectivity index is 2.29. The minimum atomic E-state index is -4.63. The molecule has 20 heavy (non-hydrogen) atoms. The van der Waals surface area contributed by atoms with Crippen molar-refractivity contribution in [2.75, 3.05) is 13.2 Å². The van der Waals surface area contributed by atoms with E-state index in [0.29, 0.717) is 13.2 Å². The van der Waals surface area contributed by atoms with Gasteiger partial charge < -0.3 is 9.47 Å². The quantitative estimate of drug-likeness (QED) is 0.633. The maximum atomic E-state index is 13.0. The summed E-state index contributed by atoms with van der Waals surface area (Å²) in [7, 11) is 0. The van der Waals surface area contributed by atoms with E-state index in [1.807, 2.05) is 0 Å².